The van der Waals surface area contributed by atoms with Crippen molar-refractivity contribution in [1.82, 2.24) is 0 Å². The van der Waals surface area contributed by atoms with Crippen LogP contribution in [0.2, 0.25) is 0 Å². The molecule has 79 heavy (non-hydrogen) atoms. The molecule has 446 valence electrons. The highest BCUT2D eigenvalue weighted by atomic mass is 16.6. The van der Waals surface area contributed by atoms with E-state index in [1.54, 1.807) is 0 Å². The number of carbonyl (C=O) groups is 3. The van der Waals surface area contributed by atoms with Crippen LogP contribution in [0.25, 0.3) is 0 Å². The highest BCUT2D eigenvalue weighted by Crippen LogP contribution is 2.14. The molecule has 0 N–H and O–H groups in total. The van der Waals surface area contributed by atoms with Crippen LogP contribution in [-0.4, -0.2) is 37.2 Å². The van der Waals surface area contributed by atoms with E-state index >= 15 is 0 Å². The maximum Gasteiger partial charge on any atom is 0.306 e. The van der Waals surface area contributed by atoms with E-state index in [1.165, 1.54) is 96.3 Å². The summed E-state index contributed by atoms with van der Waals surface area (Å²) in [5.74, 6) is -0.994. The fourth-order valence-electron chi connectivity index (χ4n) is 8.47. The van der Waals surface area contributed by atoms with Crippen molar-refractivity contribution in [2.24, 2.45) is 0 Å². The molecule has 0 aliphatic heterocycles. The molecule has 1 atom stereocenters. The smallest absolute Gasteiger partial charge is 0.306 e. The first kappa shape index (κ1) is 74.3. The molecule has 0 fully saturated rings. The molecular weight excluding hydrogens is 973 g/mol. The minimum Gasteiger partial charge on any atom is -0.462 e. The van der Waals surface area contributed by atoms with Gasteiger partial charge >= 0.3 is 17.9 Å². The Morgan fingerprint density at radius 2 is 0.506 bits per heavy atom. The van der Waals surface area contributed by atoms with Crippen LogP contribution in [0.3, 0.4) is 0 Å². The van der Waals surface area contributed by atoms with Crippen molar-refractivity contribution in [2.45, 2.75) is 284 Å². The summed E-state index contributed by atoms with van der Waals surface area (Å²) in [7, 11) is 0. The quantitative estimate of drug-likeness (QED) is 0.0261. The van der Waals surface area contributed by atoms with Gasteiger partial charge in [-0.2, -0.15) is 0 Å². The predicted molar refractivity (Wildman–Crippen MR) is 343 cm³/mol. The Balaban J connectivity index is 4.52. The van der Waals surface area contributed by atoms with E-state index in [0.717, 1.165) is 135 Å². The normalized spacial score (nSPS) is 13.1. The second-order valence-corrected chi connectivity index (χ2v) is 20.9. The maximum absolute atomic E-state index is 12.9. The van der Waals surface area contributed by atoms with Crippen molar-refractivity contribution in [1.29, 1.82) is 0 Å². The summed E-state index contributed by atoms with van der Waals surface area (Å²) in [5, 5.41) is 0. The van der Waals surface area contributed by atoms with Gasteiger partial charge in [0.15, 0.2) is 6.10 Å². The van der Waals surface area contributed by atoms with Crippen LogP contribution in [-0.2, 0) is 28.6 Å². The van der Waals surface area contributed by atoms with Crippen LogP contribution < -0.4 is 0 Å². The topological polar surface area (TPSA) is 78.9 Å². The summed E-state index contributed by atoms with van der Waals surface area (Å²) < 4.78 is 16.9. The lowest BCUT2D eigenvalue weighted by atomic mass is 10.1. The van der Waals surface area contributed by atoms with Gasteiger partial charge in [0.2, 0.25) is 0 Å². The number of ether oxygens (including phenoxy) is 3. The molecule has 0 aromatic carbocycles. The number of allylic oxidation sites excluding steroid dienone is 24. The molecule has 0 rings (SSSR count). The number of hydrogen-bond acceptors (Lipinski definition) is 6. The lowest BCUT2D eigenvalue weighted by Gasteiger charge is -2.18. The molecule has 0 amide bonds. The third-order valence-corrected chi connectivity index (χ3v) is 13.3. The molecule has 6 heteroatoms. The summed E-state index contributed by atoms with van der Waals surface area (Å²) in [6, 6.07) is 0. The molecule has 0 aromatic heterocycles. The molecule has 0 saturated heterocycles. The molecule has 0 aromatic rings. The third-order valence-electron chi connectivity index (χ3n) is 13.3. The molecule has 1 unspecified atom stereocenters. The Bertz CT molecular complexity index is 1730. The fraction of sp³-hybridized carbons (Fsp3) is 0.630. The van der Waals surface area contributed by atoms with Crippen LogP contribution in [0.1, 0.15) is 278 Å². The molecular formula is C73H118O6. The summed E-state index contributed by atoms with van der Waals surface area (Å²) in [4.78, 5) is 38.3. The Hall–Kier alpha value is -4.71. The zero-order chi connectivity index (χ0) is 57.1. The van der Waals surface area contributed by atoms with Gasteiger partial charge in [0, 0.05) is 19.3 Å². The number of carbonyl (C=O) groups excluding carboxylic acids is 3. The van der Waals surface area contributed by atoms with Gasteiger partial charge in [-0.1, -0.05) is 263 Å². The van der Waals surface area contributed by atoms with Crippen LogP contribution in [0.15, 0.2) is 146 Å². The monoisotopic (exact) mass is 1090 g/mol. The van der Waals surface area contributed by atoms with E-state index in [4.69, 9.17) is 14.2 Å². The lowest BCUT2D eigenvalue weighted by molar-refractivity contribution is -0.167. The zero-order valence-electron chi connectivity index (χ0n) is 51.1. The van der Waals surface area contributed by atoms with Gasteiger partial charge in [-0.15, -0.1) is 0 Å². The highest BCUT2D eigenvalue weighted by Gasteiger charge is 2.19. The number of unbranched alkanes of at least 4 members (excludes halogenated alkanes) is 22. The average molecular weight is 1090 g/mol. The lowest BCUT2D eigenvalue weighted by Crippen LogP contribution is -2.30. The maximum atomic E-state index is 12.9. The number of hydrogen-bond donors (Lipinski definition) is 0. The molecule has 0 radical (unpaired) electrons. The Morgan fingerprint density at radius 1 is 0.266 bits per heavy atom. The first-order valence-corrected chi connectivity index (χ1v) is 32.3. The molecule has 0 aliphatic carbocycles. The average Bonchev–Trinajstić information content (AvgIpc) is 3.45. The van der Waals surface area contributed by atoms with E-state index in [9.17, 15) is 14.4 Å². The first-order valence-electron chi connectivity index (χ1n) is 32.3. The third kappa shape index (κ3) is 64.0. The summed E-state index contributed by atoms with van der Waals surface area (Å²) >= 11 is 0. The second-order valence-electron chi connectivity index (χ2n) is 20.9. The first-order chi connectivity index (χ1) is 39.0. The predicted octanol–water partition coefficient (Wildman–Crippen LogP) is 22.3. The van der Waals surface area contributed by atoms with Gasteiger partial charge in [-0.3, -0.25) is 14.4 Å². The van der Waals surface area contributed by atoms with Crippen molar-refractivity contribution in [2.75, 3.05) is 13.2 Å². The second kappa shape index (κ2) is 65.8. The summed E-state index contributed by atoms with van der Waals surface area (Å²) in [5.41, 5.74) is 0. The van der Waals surface area contributed by atoms with Crippen LogP contribution in [0.5, 0.6) is 0 Å². The van der Waals surface area contributed by atoms with Crippen LogP contribution in [0.4, 0.5) is 0 Å². The molecule has 0 heterocycles. The highest BCUT2D eigenvalue weighted by molar-refractivity contribution is 5.71. The van der Waals surface area contributed by atoms with Crippen molar-refractivity contribution in [3.8, 4) is 0 Å². The van der Waals surface area contributed by atoms with Gasteiger partial charge in [0.05, 0.1) is 0 Å². The van der Waals surface area contributed by atoms with Crippen LogP contribution in [0, 0.1) is 0 Å². The largest absolute Gasteiger partial charge is 0.462 e. The molecule has 0 bridgehead atoms. The van der Waals surface area contributed by atoms with Gasteiger partial charge in [-0.05, 0) is 141 Å². The standard InChI is InChI=1S/C73H118O6/c1-4-7-10-13-16-19-22-25-28-30-32-34-36-38-40-42-45-48-51-54-57-60-63-66-72(75)78-69-70(68-77-71(74)65-62-59-56-53-50-47-44-27-24-21-18-15-12-9-6-3)79-73(76)67-64-61-58-55-52-49-46-43-41-39-37-35-33-31-29-26-23-20-17-14-11-8-5-2/h7,10,16,18-19,21,23,25-28,31-34,37-40,44-45,48,54,57,70H,4-6,8-9,11-15,17,20,22,24,29-30,35-36,41-43,46-47,49-53,55-56,58-69H2,1-3H3/b10-7-,19-16-,21-18-,26-23-,28-25-,33-31-,34-32-,39-37-,40-38-,44-27-,48-45-,57-54-. The van der Waals surface area contributed by atoms with Crippen LogP contribution >= 0.6 is 0 Å². The van der Waals surface area contributed by atoms with Gasteiger partial charge in [0.1, 0.15) is 13.2 Å². The minimum absolute atomic E-state index is 0.112. The molecule has 0 saturated carbocycles. The Kier molecular flexibility index (Phi) is 61.9. The van der Waals surface area contributed by atoms with E-state index in [-0.39, 0.29) is 37.5 Å². The Labute approximate surface area is 487 Å². The fourth-order valence-corrected chi connectivity index (χ4v) is 8.47. The number of esters is 3. The van der Waals surface area contributed by atoms with Crippen molar-refractivity contribution >= 4 is 17.9 Å². The van der Waals surface area contributed by atoms with E-state index < -0.39 is 6.10 Å². The van der Waals surface area contributed by atoms with Crippen molar-refractivity contribution in [3.05, 3.63) is 146 Å². The summed E-state index contributed by atoms with van der Waals surface area (Å²) in [6.07, 6.45) is 94.2. The Morgan fingerprint density at radius 3 is 0.848 bits per heavy atom. The number of rotatable bonds is 57. The van der Waals surface area contributed by atoms with Gasteiger partial charge < -0.3 is 14.2 Å². The minimum atomic E-state index is -0.820. The zero-order valence-corrected chi connectivity index (χ0v) is 51.1. The van der Waals surface area contributed by atoms with E-state index in [1.807, 2.05) is 0 Å². The van der Waals surface area contributed by atoms with Crippen molar-refractivity contribution in [3.63, 3.8) is 0 Å². The SMILES string of the molecule is CC/C=C\C/C=C\C/C=C\C/C=C\C/C=C\C/C=C\C/C=C\CCCC(=O)OCC(COC(=O)CCCCCCC/C=C\C/C=C\CCCCC)OC(=O)CCCCCCCCCC/C=C\C/C=C\C/C=C\CCCCCCC. The van der Waals surface area contributed by atoms with Gasteiger partial charge in [-0.25, -0.2) is 0 Å². The molecule has 0 spiro atoms. The molecule has 6 nitrogen and oxygen atoms in total. The van der Waals surface area contributed by atoms with Gasteiger partial charge in [0.25, 0.3) is 0 Å². The van der Waals surface area contributed by atoms with Crippen molar-refractivity contribution < 1.29 is 28.6 Å². The molecule has 0 aliphatic rings. The van der Waals surface area contributed by atoms with E-state index in [0.29, 0.717) is 19.3 Å². The summed E-state index contributed by atoms with van der Waals surface area (Å²) in [6.45, 7) is 6.43. The van der Waals surface area contributed by atoms with E-state index in [2.05, 4.69) is 167 Å².